The van der Waals surface area contributed by atoms with E-state index in [0.29, 0.717) is 10.9 Å². The lowest BCUT2D eigenvalue weighted by molar-refractivity contribution is -0.118. The van der Waals surface area contributed by atoms with E-state index in [4.69, 9.17) is 4.74 Å². The first kappa shape index (κ1) is 17.8. The number of ether oxygens (including phenoxy) is 1. The Bertz CT molecular complexity index is 722. The van der Waals surface area contributed by atoms with Crippen LogP contribution in [0.1, 0.15) is 25.5 Å². The molecule has 1 saturated heterocycles. The van der Waals surface area contributed by atoms with Crippen molar-refractivity contribution >= 4 is 22.4 Å². The lowest BCUT2D eigenvalue weighted by Gasteiger charge is -2.30. The molecule has 1 aliphatic heterocycles. The number of anilines is 1. The Kier molecular flexibility index (Phi) is 5.99. The number of likely N-dealkylation sites (tertiary alicyclic amines) is 1. The summed E-state index contributed by atoms with van der Waals surface area (Å²) in [5.74, 6) is 0.354. The molecule has 2 heterocycles. The lowest BCUT2D eigenvalue weighted by Crippen LogP contribution is -2.33. The van der Waals surface area contributed by atoms with Crippen LogP contribution in [-0.4, -0.2) is 35.5 Å². The molecule has 7 heteroatoms. The molecule has 0 saturated carbocycles. The van der Waals surface area contributed by atoms with Gasteiger partial charge in [-0.15, -0.1) is 11.3 Å². The summed E-state index contributed by atoms with van der Waals surface area (Å²) >= 11 is 1.41. The summed E-state index contributed by atoms with van der Waals surface area (Å²) in [6, 6.07) is 5.72. The van der Waals surface area contributed by atoms with Gasteiger partial charge in [0.25, 0.3) is 5.91 Å². The van der Waals surface area contributed by atoms with E-state index in [1.165, 1.54) is 42.4 Å². The number of halogens is 1. The third-order valence-electron chi connectivity index (χ3n) is 4.09. The summed E-state index contributed by atoms with van der Waals surface area (Å²) in [6.45, 7) is 5.11. The number of aromatic nitrogens is 1. The monoisotopic (exact) mass is 363 g/mol. The van der Waals surface area contributed by atoms with Gasteiger partial charge in [-0.2, -0.15) is 0 Å². The second kappa shape index (κ2) is 8.40. The summed E-state index contributed by atoms with van der Waals surface area (Å²) in [5.41, 5.74) is 0.973. The zero-order chi connectivity index (χ0) is 17.6. The van der Waals surface area contributed by atoms with E-state index in [0.717, 1.165) is 31.2 Å². The smallest absolute Gasteiger partial charge is 0.264 e. The molecule has 1 amide bonds. The second-order valence-electron chi connectivity index (χ2n) is 6.42. The minimum absolute atomic E-state index is 0.179. The van der Waals surface area contributed by atoms with Crippen molar-refractivity contribution in [3.8, 4) is 5.75 Å². The van der Waals surface area contributed by atoms with Crippen LogP contribution in [0.5, 0.6) is 5.75 Å². The number of rotatable bonds is 6. The Morgan fingerprint density at radius 1 is 1.52 bits per heavy atom. The molecule has 0 aliphatic carbocycles. The van der Waals surface area contributed by atoms with E-state index in [1.807, 2.05) is 5.38 Å². The maximum atomic E-state index is 13.1. The number of nitrogens with one attached hydrogen (secondary N) is 1. The van der Waals surface area contributed by atoms with Gasteiger partial charge in [0.1, 0.15) is 11.6 Å². The van der Waals surface area contributed by atoms with Crippen molar-refractivity contribution in [1.82, 2.24) is 9.88 Å². The highest BCUT2D eigenvalue weighted by atomic mass is 32.1. The maximum absolute atomic E-state index is 13.1. The molecule has 134 valence electrons. The van der Waals surface area contributed by atoms with Crippen LogP contribution in [0.25, 0.3) is 0 Å². The normalized spacial score (nSPS) is 18.1. The molecule has 0 spiro atoms. The first-order chi connectivity index (χ1) is 12.1. The van der Waals surface area contributed by atoms with E-state index in [9.17, 15) is 9.18 Å². The number of hydrogen-bond donors (Lipinski definition) is 1. The Balaban J connectivity index is 1.46. The fourth-order valence-electron chi connectivity index (χ4n) is 2.96. The Morgan fingerprint density at radius 3 is 3.20 bits per heavy atom. The van der Waals surface area contributed by atoms with Crippen molar-refractivity contribution in [2.75, 3.05) is 25.0 Å². The molecule has 3 rings (SSSR count). The third kappa shape index (κ3) is 5.51. The van der Waals surface area contributed by atoms with E-state index in [2.05, 4.69) is 22.1 Å². The first-order valence-corrected chi connectivity index (χ1v) is 9.31. The van der Waals surface area contributed by atoms with Crippen LogP contribution < -0.4 is 10.1 Å². The van der Waals surface area contributed by atoms with Crippen LogP contribution >= 0.6 is 11.3 Å². The molecule has 0 radical (unpaired) electrons. The van der Waals surface area contributed by atoms with Crippen LogP contribution in [0.4, 0.5) is 9.52 Å². The minimum Gasteiger partial charge on any atom is -0.484 e. The fourth-order valence-corrected chi connectivity index (χ4v) is 3.68. The summed E-state index contributed by atoms with van der Waals surface area (Å²) in [7, 11) is 0. The molecule has 1 aromatic carbocycles. The van der Waals surface area contributed by atoms with Crippen LogP contribution in [-0.2, 0) is 11.3 Å². The highest BCUT2D eigenvalue weighted by Crippen LogP contribution is 2.21. The predicted octanol–water partition coefficient (Wildman–Crippen LogP) is 3.53. The van der Waals surface area contributed by atoms with Crippen LogP contribution in [0, 0.1) is 11.7 Å². The zero-order valence-corrected chi connectivity index (χ0v) is 15.0. The van der Waals surface area contributed by atoms with Crippen molar-refractivity contribution in [3.63, 3.8) is 0 Å². The van der Waals surface area contributed by atoms with Gasteiger partial charge in [-0.1, -0.05) is 13.0 Å². The van der Waals surface area contributed by atoms with E-state index < -0.39 is 5.82 Å². The van der Waals surface area contributed by atoms with Crippen molar-refractivity contribution in [1.29, 1.82) is 0 Å². The molecular weight excluding hydrogens is 341 g/mol. The van der Waals surface area contributed by atoms with Gasteiger partial charge in [0, 0.05) is 24.5 Å². The molecule has 0 bridgehead atoms. The fraction of sp³-hybridized carbons (Fsp3) is 0.444. The molecule has 1 atom stereocenters. The molecule has 5 nitrogen and oxygen atoms in total. The number of amides is 1. The Labute approximate surface area is 150 Å². The van der Waals surface area contributed by atoms with Gasteiger partial charge in [0.15, 0.2) is 11.7 Å². The minimum atomic E-state index is -0.394. The summed E-state index contributed by atoms with van der Waals surface area (Å²) in [6.07, 6.45) is 2.52. The third-order valence-corrected chi connectivity index (χ3v) is 4.90. The van der Waals surface area contributed by atoms with Gasteiger partial charge < -0.3 is 4.74 Å². The SMILES string of the molecule is C[C@@H]1CCCN(Cc2csc(NC(=O)COc3cccc(F)c3)n2)C1. The topological polar surface area (TPSA) is 54.5 Å². The van der Waals surface area contributed by atoms with E-state index in [-0.39, 0.29) is 12.5 Å². The number of carbonyl (C=O) groups is 1. The van der Waals surface area contributed by atoms with Crippen molar-refractivity contribution in [3.05, 3.63) is 41.2 Å². The first-order valence-electron chi connectivity index (χ1n) is 8.43. The van der Waals surface area contributed by atoms with Gasteiger partial charge in [-0.3, -0.25) is 15.0 Å². The van der Waals surface area contributed by atoms with Gasteiger partial charge in [-0.05, 0) is 37.4 Å². The van der Waals surface area contributed by atoms with Gasteiger partial charge >= 0.3 is 0 Å². The number of benzene rings is 1. The Hall–Kier alpha value is -1.99. The van der Waals surface area contributed by atoms with E-state index in [1.54, 1.807) is 6.07 Å². The number of hydrogen-bond acceptors (Lipinski definition) is 5. The maximum Gasteiger partial charge on any atom is 0.264 e. The van der Waals surface area contributed by atoms with Crippen LogP contribution in [0.2, 0.25) is 0 Å². The number of piperidine rings is 1. The summed E-state index contributed by atoms with van der Waals surface area (Å²) < 4.78 is 18.3. The number of thiazole rings is 1. The molecule has 1 N–H and O–H groups in total. The van der Waals surface area contributed by atoms with Crippen molar-refractivity contribution in [2.24, 2.45) is 5.92 Å². The second-order valence-corrected chi connectivity index (χ2v) is 7.28. The molecule has 1 fully saturated rings. The zero-order valence-electron chi connectivity index (χ0n) is 14.2. The largest absolute Gasteiger partial charge is 0.484 e. The number of nitrogens with zero attached hydrogens (tertiary/aromatic N) is 2. The molecule has 25 heavy (non-hydrogen) atoms. The summed E-state index contributed by atoms with van der Waals surface area (Å²) in [4.78, 5) is 18.8. The van der Waals surface area contributed by atoms with Gasteiger partial charge in [0.05, 0.1) is 5.69 Å². The van der Waals surface area contributed by atoms with Crippen LogP contribution in [0.3, 0.4) is 0 Å². The predicted molar refractivity (Wildman–Crippen MR) is 96.3 cm³/mol. The van der Waals surface area contributed by atoms with Crippen molar-refractivity contribution in [2.45, 2.75) is 26.3 Å². The Morgan fingerprint density at radius 2 is 2.40 bits per heavy atom. The van der Waals surface area contributed by atoms with E-state index >= 15 is 0 Å². The molecular formula is C18H22FN3O2S. The lowest BCUT2D eigenvalue weighted by atomic mass is 10.0. The highest BCUT2D eigenvalue weighted by molar-refractivity contribution is 7.13. The van der Waals surface area contributed by atoms with Crippen molar-refractivity contribution < 1.29 is 13.9 Å². The molecule has 0 unspecified atom stereocenters. The standard InChI is InChI=1S/C18H22FN3O2S/c1-13-4-3-7-22(9-13)10-15-12-25-18(20-15)21-17(23)11-24-16-6-2-5-14(19)8-16/h2,5-6,8,12-13H,3-4,7,9-11H2,1H3,(H,20,21,23)/t13-/m1/s1. The van der Waals surface area contributed by atoms with Gasteiger partial charge in [-0.25, -0.2) is 9.37 Å². The average Bonchev–Trinajstić information content (AvgIpc) is 3.00. The van der Waals surface area contributed by atoms with Crippen LogP contribution in [0.15, 0.2) is 29.6 Å². The average molecular weight is 363 g/mol. The highest BCUT2D eigenvalue weighted by Gasteiger charge is 2.17. The molecule has 1 aliphatic rings. The number of carbonyl (C=O) groups excluding carboxylic acids is 1. The molecule has 2 aromatic rings. The van der Waals surface area contributed by atoms with Gasteiger partial charge in [0.2, 0.25) is 0 Å². The molecule has 1 aromatic heterocycles. The quantitative estimate of drug-likeness (QED) is 0.853. The summed E-state index contributed by atoms with van der Waals surface area (Å²) in [5, 5.41) is 5.26.